The highest BCUT2D eigenvalue weighted by Crippen LogP contribution is 2.26. The molecule has 2 aromatic carbocycles. The van der Waals surface area contributed by atoms with Crippen LogP contribution in [0.25, 0.3) is 0 Å². The van der Waals surface area contributed by atoms with Crippen LogP contribution in [0.15, 0.2) is 47.4 Å². The van der Waals surface area contributed by atoms with Crippen LogP contribution in [-0.2, 0) is 4.79 Å². The van der Waals surface area contributed by atoms with E-state index in [0.29, 0.717) is 21.7 Å². The van der Waals surface area contributed by atoms with Gasteiger partial charge >= 0.3 is 0 Å². The molecule has 8 heteroatoms. The molecule has 2 rings (SSSR count). The molecule has 0 heterocycles. The summed E-state index contributed by atoms with van der Waals surface area (Å²) in [6.45, 7) is 1.64. The first-order valence-electron chi connectivity index (χ1n) is 7.78. The zero-order valence-electron chi connectivity index (χ0n) is 14.7. The van der Waals surface area contributed by atoms with Gasteiger partial charge in [-0.25, -0.2) is 0 Å². The first kappa shape index (κ1) is 19.5. The highest BCUT2D eigenvalue weighted by Gasteiger charge is 2.16. The normalized spacial score (nSPS) is 10.3. The summed E-state index contributed by atoms with van der Waals surface area (Å²) in [5, 5.41) is 13.7. The van der Waals surface area contributed by atoms with E-state index in [2.05, 4.69) is 5.32 Å². The van der Waals surface area contributed by atoms with E-state index in [-0.39, 0.29) is 23.3 Å². The van der Waals surface area contributed by atoms with Gasteiger partial charge < -0.3 is 10.2 Å². The molecule has 7 nitrogen and oxygen atoms in total. The van der Waals surface area contributed by atoms with Gasteiger partial charge in [0.1, 0.15) is 0 Å². The fourth-order valence-corrected chi connectivity index (χ4v) is 3.16. The quantitative estimate of drug-likeness (QED) is 0.476. The van der Waals surface area contributed by atoms with Gasteiger partial charge in [0.15, 0.2) is 0 Å². The van der Waals surface area contributed by atoms with Gasteiger partial charge in [-0.2, -0.15) is 0 Å². The number of hydrogen-bond donors (Lipinski definition) is 1. The van der Waals surface area contributed by atoms with E-state index in [1.807, 2.05) is 0 Å². The van der Waals surface area contributed by atoms with Crippen molar-refractivity contribution in [3.05, 3.63) is 63.7 Å². The Morgan fingerprint density at radius 3 is 2.54 bits per heavy atom. The molecule has 26 heavy (non-hydrogen) atoms. The zero-order valence-corrected chi connectivity index (χ0v) is 15.5. The zero-order chi connectivity index (χ0) is 19.3. The van der Waals surface area contributed by atoms with Gasteiger partial charge in [-0.1, -0.05) is 18.2 Å². The molecule has 0 unspecified atom stereocenters. The van der Waals surface area contributed by atoms with Crippen molar-refractivity contribution in [3.63, 3.8) is 0 Å². The number of aryl methyl sites for hydroxylation is 1. The smallest absolute Gasteiger partial charge is 0.274 e. The van der Waals surface area contributed by atoms with E-state index in [1.165, 1.54) is 22.7 Å². The van der Waals surface area contributed by atoms with Crippen LogP contribution in [0.2, 0.25) is 0 Å². The van der Waals surface area contributed by atoms with E-state index in [1.54, 1.807) is 57.4 Å². The van der Waals surface area contributed by atoms with Gasteiger partial charge in [0, 0.05) is 36.3 Å². The summed E-state index contributed by atoms with van der Waals surface area (Å²) in [6.07, 6.45) is 0. The second kappa shape index (κ2) is 8.48. The lowest BCUT2D eigenvalue weighted by atomic mass is 10.1. The van der Waals surface area contributed by atoms with Crippen LogP contribution in [0.1, 0.15) is 15.9 Å². The average molecular weight is 373 g/mol. The van der Waals surface area contributed by atoms with E-state index >= 15 is 0 Å². The molecule has 0 fully saturated rings. The van der Waals surface area contributed by atoms with Gasteiger partial charge in [-0.05, 0) is 25.1 Å². The summed E-state index contributed by atoms with van der Waals surface area (Å²) in [6, 6.07) is 11.5. The third kappa shape index (κ3) is 4.82. The lowest BCUT2D eigenvalue weighted by Gasteiger charge is -2.12. The molecule has 0 aliphatic carbocycles. The number of carbonyl (C=O) groups excluding carboxylic acids is 2. The summed E-state index contributed by atoms with van der Waals surface area (Å²) in [7, 11) is 3.34. The molecule has 1 N–H and O–H groups in total. The Balaban J connectivity index is 2.19. The van der Waals surface area contributed by atoms with Gasteiger partial charge in [0.25, 0.3) is 11.6 Å². The molecular formula is C18H19N3O4S. The van der Waals surface area contributed by atoms with E-state index in [0.717, 1.165) is 0 Å². The van der Waals surface area contributed by atoms with Crippen LogP contribution < -0.4 is 5.32 Å². The number of nitrogens with zero attached hydrogens (tertiary/aromatic N) is 2. The lowest BCUT2D eigenvalue weighted by molar-refractivity contribution is -0.385. The van der Waals surface area contributed by atoms with Crippen LogP contribution in [-0.4, -0.2) is 41.5 Å². The Bertz CT molecular complexity index is 852. The monoisotopic (exact) mass is 373 g/mol. The number of anilines is 1. The summed E-state index contributed by atoms with van der Waals surface area (Å²) >= 11 is 1.27. The number of rotatable bonds is 6. The SMILES string of the molecule is Cc1ccc(NC(=O)c2ccccc2SCC(=O)N(C)C)cc1[N+](=O)[O-]. The minimum Gasteiger partial charge on any atom is -0.348 e. The average Bonchev–Trinajstić information content (AvgIpc) is 2.61. The van der Waals surface area contributed by atoms with Gasteiger partial charge in [0.2, 0.25) is 5.91 Å². The van der Waals surface area contributed by atoms with Crippen LogP contribution in [0.3, 0.4) is 0 Å². The highest BCUT2D eigenvalue weighted by molar-refractivity contribution is 8.00. The van der Waals surface area contributed by atoms with Gasteiger partial charge in [-0.3, -0.25) is 19.7 Å². The topological polar surface area (TPSA) is 92.6 Å². The molecule has 0 radical (unpaired) electrons. The number of hydrogen-bond acceptors (Lipinski definition) is 5. The van der Waals surface area contributed by atoms with Crippen molar-refractivity contribution in [2.75, 3.05) is 25.2 Å². The summed E-state index contributed by atoms with van der Waals surface area (Å²) in [5.41, 5.74) is 1.22. The molecule has 0 saturated heterocycles. The standard InChI is InChI=1S/C18H19N3O4S/c1-12-8-9-13(10-15(12)21(24)25)19-18(23)14-6-4-5-7-16(14)26-11-17(22)20(2)3/h4-10H,11H2,1-3H3,(H,19,23). The molecule has 0 aromatic heterocycles. The predicted molar refractivity (Wildman–Crippen MR) is 102 cm³/mol. The lowest BCUT2D eigenvalue weighted by Crippen LogP contribution is -2.23. The van der Waals surface area contributed by atoms with Crippen molar-refractivity contribution < 1.29 is 14.5 Å². The van der Waals surface area contributed by atoms with Crippen molar-refractivity contribution in [2.24, 2.45) is 0 Å². The van der Waals surface area contributed by atoms with Crippen LogP contribution >= 0.6 is 11.8 Å². The van der Waals surface area contributed by atoms with E-state index in [4.69, 9.17) is 0 Å². The molecular weight excluding hydrogens is 354 g/mol. The van der Waals surface area contributed by atoms with Crippen molar-refractivity contribution in [2.45, 2.75) is 11.8 Å². The van der Waals surface area contributed by atoms with Gasteiger partial charge in [-0.15, -0.1) is 11.8 Å². The molecule has 0 bridgehead atoms. The molecule has 0 aliphatic rings. The minimum absolute atomic E-state index is 0.0537. The Morgan fingerprint density at radius 1 is 1.19 bits per heavy atom. The predicted octanol–water partition coefficient (Wildman–Crippen LogP) is 3.34. The minimum atomic E-state index is -0.484. The number of benzene rings is 2. The number of nitrogens with one attached hydrogen (secondary N) is 1. The summed E-state index contributed by atoms with van der Waals surface area (Å²) in [4.78, 5) is 37.1. The molecule has 0 saturated carbocycles. The van der Waals surface area contributed by atoms with Crippen molar-refractivity contribution >= 4 is 35.0 Å². The Hall–Kier alpha value is -2.87. The number of carbonyl (C=O) groups is 2. The Morgan fingerprint density at radius 2 is 1.88 bits per heavy atom. The van der Waals surface area contributed by atoms with Crippen LogP contribution in [0.4, 0.5) is 11.4 Å². The Kier molecular flexibility index (Phi) is 6.35. The second-order valence-corrected chi connectivity index (χ2v) is 6.80. The molecule has 2 aromatic rings. The molecule has 136 valence electrons. The fraction of sp³-hybridized carbons (Fsp3) is 0.222. The first-order chi connectivity index (χ1) is 12.3. The van der Waals surface area contributed by atoms with Crippen molar-refractivity contribution in [1.82, 2.24) is 4.90 Å². The number of nitro groups is 1. The molecule has 0 atom stereocenters. The number of nitro benzene ring substituents is 1. The van der Waals surface area contributed by atoms with Crippen LogP contribution in [0, 0.1) is 17.0 Å². The highest BCUT2D eigenvalue weighted by atomic mass is 32.2. The third-order valence-corrected chi connectivity index (χ3v) is 4.70. The second-order valence-electron chi connectivity index (χ2n) is 5.79. The fourth-order valence-electron chi connectivity index (χ4n) is 2.13. The molecule has 2 amide bonds. The maximum atomic E-state index is 12.6. The molecule has 0 spiro atoms. The van der Waals surface area contributed by atoms with Crippen LogP contribution in [0.5, 0.6) is 0 Å². The maximum absolute atomic E-state index is 12.6. The van der Waals surface area contributed by atoms with E-state index in [9.17, 15) is 19.7 Å². The van der Waals surface area contributed by atoms with Crippen molar-refractivity contribution in [1.29, 1.82) is 0 Å². The number of thioether (sulfide) groups is 1. The number of amides is 2. The maximum Gasteiger partial charge on any atom is 0.274 e. The van der Waals surface area contributed by atoms with Gasteiger partial charge in [0.05, 0.1) is 16.2 Å². The largest absolute Gasteiger partial charge is 0.348 e. The summed E-state index contributed by atoms with van der Waals surface area (Å²) < 4.78 is 0. The first-order valence-corrected chi connectivity index (χ1v) is 8.76. The molecule has 0 aliphatic heterocycles. The summed E-state index contributed by atoms with van der Waals surface area (Å²) in [5.74, 6) is -0.226. The Labute approximate surface area is 155 Å². The van der Waals surface area contributed by atoms with E-state index < -0.39 is 4.92 Å². The van der Waals surface area contributed by atoms with Crippen molar-refractivity contribution in [3.8, 4) is 0 Å². The third-order valence-electron chi connectivity index (χ3n) is 3.65.